The number of fused-ring (bicyclic) bond motifs is 3. The van der Waals surface area contributed by atoms with Crippen molar-refractivity contribution in [3.05, 3.63) is 59.9 Å². The van der Waals surface area contributed by atoms with Gasteiger partial charge in [-0.05, 0) is 43.2 Å². The van der Waals surface area contributed by atoms with Crippen LogP contribution >= 0.6 is 11.8 Å². The normalized spacial score (nSPS) is 11.4. The predicted molar refractivity (Wildman–Crippen MR) is 114 cm³/mol. The number of nitrogens with zero attached hydrogens (tertiary/aromatic N) is 4. The largest absolute Gasteiger partial charge is 0.324 e. The molecule has 0 saturated carbocycles. The Balaban J connectivity index is 1.44. The summed E-state index contributed by atoms with van der Waals surface area (Å²) in [6.45, 7) is 3.02. The van der Waals surface area contributed by atoms with Gasteiger partial charge in [-0.25, -0.2) is 9.37 Å². The van der Waals surface area contributed by atoms with Crippen molar-refractivity contribution in [2.45, 2.75) is 37.9 Å². The third kappa shape index (κ3) is 4.15. The zero-order valence-electron chi connectivity index (χ0n) is 16.1. The number of para-hydroxylation sites is 1. The summed E-state index contributed by atoms with van der Waals surface area (Å²) in [4.78, 5) is 16.9. The molecule has 0 atom stereocenters. The number of hydrogen-bond acceptors (Lipinski definition) is 5. The molecule has 0 aliphatic heterocycles. The summed E-state index contributed by atoms with van der Waals surface area (Å²) in [7, 11) is 0. The predicted octanol–water partition coefficient (Wildman–Crippen LogP) is 5.28. The van der Waals surface area contributed by atoms with E-state index in [1.165, 1.54) is 36.0 Å². The Morgan fingerprint density at radius 3 is 2.69 bits per heavy atom. The molecule has 0 bridgehead atoms. The third-order valence-corrected chi connectivity index (χ3v) is 5.67. The van der Waals surface area contributed by atoms with Crippen LogP contribution in [0.5, 0.6) is 0 Å². The van der Waals surface area contributed by atoms with Gasteiger partial charge in [0.1, 0.15) is 11.3 Å². The Morgan fingerprint density at radius 2 is 1.90 bits per heavy atom. The monoisotopic (exact) mass is 408 g/mol. The number of ketones is 1. The van der Waals surface area contributed by atoms with Gasteiger partial charge in [0.2, 0.25) is 5.16 Å². The van der Waals surface area contributed by atoms with Crippen molar-refractivity contribution in [2.24, 2.45) is 0 Å². The fourth-order valence-electron chi connectivity index (χ4n) is 3.38. The Bertz CT molecular complexity index is 1160. The van der Waals surface area contributed by atoms with Crippen LogP contribution < -0.4 is 0 Å². The number of rotatable bonds is 8. The van der Waals surface area contributed by atoms with E-state index in [1.54, 1.807) is 0 Å². The minimum Gasteiger partial charge on any atom is -0.324 e. The number of carbonyl (C=O) groups is 1. The number of thioether (sulfide) groups is 1. The van der Waals surface area contributed by atoms with E-state index in [-0.39, 0.29) is 11.6 Å². The summed E-state index contributed by atoms with van der Waals surface area (Å²) in [6, 6.07) is 13.8. The van der Waals surface area contributed by atoms with E-state index in [1.807, 2.05) is 18.2 Å². The first kappa shape index (κ1) is 19.5. The summed E-state index contributed by atoms with van der Waals surface area (Å²) in [5.74, 6) is 0.398. The van der Waals surface area contributed by atoms with E-state index in [4.69, 9.17) is 4.98 Å². The van der Waals surface area contributed by atoms with Crippen molar-refractivity contribution in [3.8, 4) is 0 Å². The first-order valence-electron chi connectivity index (χ1n) is 9.70. The molecule has 2 aromatic heterocycles. The highest BCUT2D eigenvalue weighted by atomic mass is 32.2. The second-order valence-corrected chi connectivity index (χ2v) is 7.88. The number of halogens is 1. The number of hydrogen-bond donors (Lipinski definition) is 0. The lowest BCUT2D eigenvalue weighted by atomic mass is 10.1. The van der Waals surface area contributed by atoms with Crippen molar-refractivity contribution in [2.75, 3.05) is 5.75 Å². The first-order chi connectivity index (χ1) is 14.2. The molecule has 0 aliphatic rings. The zero-order chi connectivity index (χ0) is 20.2. The summed E-state index contributed by atoms with van der Waals surface area (Å²) >= 11 is 1.50. The molecule has 0 spiro atoms. The summed E-state index contributed by atoms with van der Waals surface area (Å²) in [5, 5.41) is 10.4. The van der Waals surface area contributed by atoms with E-state index in [0.717, 1.165) is 35.0 Å². The van der Waals surface area contributed by atoms with Crippen LogP contribution in [0.2, 0.25) is 0 Å². The van der Waals surface area contributed by atoms with E-state index >= 15 is 0 Å². The summed E-state index contributed by atoms with van der Waals surface area (Å²) < 4.78 is 15.2. The number of Topliss-reactive ketones (excluding diaryl/α,β-unsaturated/α-hetero) is 1. The molecule has 2 aromatic carbocycles. The summed E-state index contributed by atoms with van der Waals surface area (Å²) in [5.41, 5.74) is 3.34. The molecule has 29 heavy (non-hydrogen) atoms. The highest BCUT2D eigenvalue weighted by molar-refractivity contribution is 7.99. The lowest BCUT2D eigenvalue weighted by molar-refractivity contribution is 0.0982. The number of aryl methyl sites for hydroxylation is 1. The number of benzene rings is 2. The second kappa shape index (κ2) is 8.69. The molecule has 2 heterocycles. The molecule has 0 unspecified atom stereocenters. The quantitative estimate of drug-likeness (QED) is 0.225. The number of aromatic nitrogens is 4. The van der Waals surface area contributed by atoms with Crippen molar-refractivity contribution in [1.29, 1.82) is 0 Å². The molecule has 5 nitrogen and oxygen atoms in total. The van der Waals surface area contributed by atoms with Gasteiger partial charge >= 0.3 is 0 Å². The van der Waals surface area contributed by atoms with Gasteiger partial charge in [0.05, 0.1) is 5.52 Å². The maximum absolute atomic E-state index is 13.0. The Labute approximate surface area is 172 Å². The van der Waals surface area contributed by atoms with Gasteiger partial charge in [-0.3, -0.25) is 4.79 Å². The van der Waals surface area contributed by atoms with Crippen LogP contribution in [0.1, 0.15) is 36.5 Å². The van der Waals surface area contributed by atoms with Gasteiger partial charge in [-0.2, -0.15) is 0 Å². The SMILES string of the molecule is CCCn1c2ccccc2c2nnc(SCCCC(=O)c3ccc(F)cc3)nc21. The van der Waals surface area contributed by atoms with Crippen LogP contribution in [-0.4, -0.2) is 31.3 Å². The Kier molecular flexibility index (Phi) is 5.85. The molecule has 0 saturated heterocycles. The maximum Gasteiger partial charge on any atom is 0.211 e. The van der Waals surface area contributed by atoms with E-state index in [2.05, 4.69) is 27.8 Å². The van der Waals surface area contributed by atoms with Crippen LogP contribution in [0.25, 0.3) is 22.1 Å². The average molecular weight is 409 g/mol. The molecule has 0 aliphatic carbocycles. The second-order valence-electron chi connectivity index (χ2n) is 6.82. The lowest BCUT2D eigenvalue weighted by Crippen LogP contribution is -2.01. The fourth-order valence-corrected chi connectivity index (χ4v) is 4.10. The molecule has 148 valence electrons. The van der Waals surface area contributed by atoms with Gasteiger partial charge in [0.15, 0.2) is 11.4 Å². The molecule has 0 radical (unpaired) electrons. The molecule has 0 N–H and O–H groups in total. The highest BCUT2D eigenvalue weighted by Gasteiger charge is 2.14. The van der Waals surface area contributed by atoms with Crippen LogP contribution in [0.4, 0.5) is 4.39 Å². The van der Waals surface area contributed by atoms with Gasteiger partial charge in [0, 0.05) is 29.7 Å². The third-order valence-electron chi connectivity index (χ3n) is 4.75. The van der Waals surface area contributed by atoms with E-state index < -0.39 is 0 Å². The number of carbonyl (C=O) groups excluding carboxylic acids is 1. The Hall–Kier alpha value is -2.80. The van der Waals surface area contributed by atoms with Crippen molar-refractivity contribution < 1.29 is 9.18 Å². The van der Waals surface area contributed by atoms with Crippen LogP contribution in [-0.2, 0) is 6.54 Å². The van der Waals surface area contributed by atoms with Gasteiger partial charge in [-0.15, -0.1) is 10.2 Å². The van der Waals surface area contributed by atoms with Crippen LogP contribution in [0, 0.1) is 5.82 Å². The molecular formula is C22H21FN4OS. The standard InChI is InChI=1S/C22H21FN4OS/c1-2-13-27-18-7-4-3-6-17(18)20-21(27)24-22(26-25-20)29-14-5-8-19(28)15-9-11-16(23)12-10-15/h3-4,6-7,9-12H,2,5,8,13-14H2,1H3. The van der Waals surface area contributed by atoms with Crippen LogP contribution in [0.3, 0.4) is 0 Å². The minimum atomic E-state index is -0.336. The Morgan fingerprint density at radius 1 is 1.10 bits per heavy atom. The highest BCUT2D eigenvalue weighted by Crippen LogP contribution is 2.27. The fraction of sp³-hybridized carbons (Fsp3) is 0.273. The van der Waals surface area contributed by atoms with Gasteiger partial charge in [0.25, 0.3) is 0 Å². The smallest absolute Gasteiger partial charge is 0.211 e. The van der Waals surface area contributed by atoms with Gasteiger partial charge in [-0.1, -0.05) is 36.9 Å². The molecule has 7 heteroatoms. The molecule has 0 fully saturated rings. The molecule has 4 rings (SSSR count). The first-order valence-corrected chi connectivity index (χ1v) is 10.7. The average Bonchev–Trinajstić information content (AvgIpc) is 3.05. The van der Waals surface area contributed by atoms with E-state index in [0.29, 0.717) is 29.3 Å². The molecule has 4 aromatic rings. The molecule has 0 amide bonds. The lowest BCUT2D eigenvalue weighted by Gasteiger charge is -2.05. The maximum atomic E-state index is 13.0. The zero-order valence-corrected chi connectivity index (χ0v) is 17.0. The topological polar surface area (TPSA) is 60.7 Å². The molecular weight excluding hydrogens is 387 g/mol. The van der Waals surface area contributed by atoms with Crippen molar-refractivity contribution >= 4 is 39.6 Å². The van der Waals surface area contributed by atoms with Crippen molar-refractivity contribution in [3.63, 3.8) is 0 Å². The minimum absolute atomic E-state index is 0.0168. The van der Waals surface area contributed by atoms with E-state index in [9.17, 15) is 9.18 Å². The van der Waals surface area contributed by atoms with Crippen molar-refractivity contribution in [1.82, 2.24) is 19.7 Å². The van der Waals surface area contributed by atoms with Gasteiger partial charge < -0.3 is 4.57 Å². The summed E-state index contributed by atoms with van der Waals surface area (Å²) in [6.07, 6.45) is 2.11. The van der Waals surface area contributed by atoms with Crippen LogP contribution in [0.15, 0.2) is 53.7 Å².